The first-order valence-electron chi connectivity index (χ1n) is 8.89. The van der Waals surface area contributed by atoms with Gasteiger partial charge in [-0.05, 0) is 24.6 Å². The van der Waals surface area contributed by atoms with Gasteiger partial charge in [-0.1, -0.05) is 0 Å². The van der Waals surface area contributed by atoms with E-state index in [-0.39, 0.29) is 31.3 Å². The van der Waals surface area contributed by atoms with Gasteiger partial charge in [-0.15, -0.1) is 10.2 Å². The van der Waals surface area contributed by atoms with Crippen molar-refractivity contribution in [2.24, 2.45) is 0 Å². The van der Waals surface area contributed by atoms with Crippen LogP contribution < -0.4 is 9.46 Å². The summed E-state index contributed by atoms with van der Waals surface area (Å²) in [6, 6.07) is 2.88. The van der Waals surface area contributed by atoms with Crippen LogP contribution in [0.4, 0.5) is 5.95 Å². The van der Waals surface area contributed by atoms with Crippen LogP contribution in [0.3, 0.4) is 0 Å². The number of nitrogens with zero attached hydrogens (tertiary/aromatic N) is 6. The summed E-state index contributed by atoms with van der Waals surface area (Å²) < 4.78 is 34.8. The smallest absolute Gasteiger partial charge is 0.239 e. The zero-order valence-electron chi connectivity index (χ0n) is 15.6. The molecule has 0 saturated heterocycles. The Morgan fingerprint density at radius 3 is 2.83 bits per heavy atom. The lowest BCUT2D eigenvalue weighted by Crippen LogP contribution is -2.25. The van der Waals surface area contributed by atoms with Crippen LogP contribution in [0.15, 0.2) is 30.7 Å². The molecule has 1 aliphatic heterocycles. The Balaban J connectivity index is 1.60. The van der Waals surface area contributed by atoms with Crippen LogP contribution in [0.25, 0.3) is 11.4 Å². The van der Waals surface area contributed by atoms with Gasteiger partial charge in [0, 0.05) is 25.0 Å². The lowest BCUT2D eigenvalue weighted by atomic mass is 10.2. The minimum absolute atomic E-state index is 0.00387. The Morgan fingerprint density at radius 1 is 1.28 bits per heavy atom. The van der Waals surface area contributed by atoms with Gasteiger partial charge in [0.05, 0.1) is 24.0 Å². The minimum Gasteiger partial charge on any atom is -0.475 e. The monoisotopic (exact) mass is 417 g/mol. The van der Waals surface area contributed by atoms with E-state index < -0.39 is 16.1 Å². The molecule has 1 unspecified atom stereocenters. The molecular weight excluding hydrogens is 398 g/mol. The molecule has 0 amide bonds. The van der Waals surface area contributed by atoms with Crippen molar-refractivity contribution in [3.63, 3.8) is 0 Å². The van der Waals surface area contributed by atoms with Crippen molar-refractivity contribution in [1.29, 1.82) is 0 Å². The predicted molar refractivity (Wildman–Crippen MR) is 103 cm³/mol. The highest BCUT2D eigenvalue weighted by molar-refractivity contribution is 7.92. The Bertz CT molecular complexity index is 1120. The number of fused-ring (bicyclic) bond motifs is 3. The zero-order chi connectivity index (χ0) is 20.4. The maximum Gasteiger partial charge on any atom is 0.239 e. The zero-order valence-corrected chi connectivity index (χ0v) is 16.4. The Hall–Kier alpha value is -3.12. The third-order valence-electron chi connectivity index (χ3n) is 4.37. The molecule has 0 saturated carbocycles. The lowest BCUT2D eigenvalue weighted by molar-refractivity contribution is 0.170. The molecule has 4 rings (SSSR count). The lowest BCUT2D eigenvalue weighted by Gasteiger charge is -2.17. The number of aliphatic hydroxyl groups is 1. The van der Waals surface area contributed by atoms with E-state index in [9.17, 15) is 13.5 Å². The highest BCUT2D eigenvalue weighted by atomic mass is 32.2. The Kier molecular flexibility index (Phi) is 5.11. The highest BCUT2D eigenvalue weighted by Crippen LogP contribution is 2.34. The second-order valence-electron chi connectivity index (χ2n) is 6.57. The normalized spacial score (nSPS) is 15.7. The first kappa shape index (κ1) is 19.2. The number of ether oxygens (including phenoxy) is 1. The van der Waals surface area contributed by atoms with E-state index in [0.29, 0.717) is 23.1 Å². The second kappa shape index (κ2) is 7.72. The number of pyridine rings is 1. The molecule has 2 N–H and O–H groups in total. The summed E-state index contributed by atoms with van der Waals surface area (Å²) in [5, 5.41) is 17.9. The van der Waals surface area contributed by atoms with E-state index in [2.05, 4.69) is 29.9 Å². The summed E-state index contributed by atoms with van der Waals surface area (Å²) in [4.78, 5) is 12.4. The number of rotatable bonds is 6. The van der Waals surface area contributed by atoms with Gasteiger partial charge in [0.2, 0.25) is 21.9 Å². The van der Waals surface area contributed by atoms with Crippen molar-refractivity contribution in [3.05, 3.63) is 42.1 Å². The number of aryl methyl sites for hydroxylation is 2. The topological polar surface area (TPSA) is 145 Å². The summed E-state index contributed by atoms with van der Waals surface area (Å²) in [5.74, 6) is 0.926. The molecule has 12 heteroatoms. The van der Waals surface area contributed by atoms with Crippen LogP contribution in [0.5, 0.6) is 5.88 Å². The van der Waals surface area contributed by atoms with Gasteiger partial charge in [0.25, 0.3) is 0 Å². The van der Waals surface area contributed by atoms with Gasteiger partial charge in [-0.2, -0.15) is 0 Å². The number of hydrogen-bond donors (Lipinski definition) is 2. The molecule has 1 aliphatic rings. The number of nitrogens with one attached hydrogen (secondary N) is 1. The van der Waals surface area contributed by atoms with Crippen molar-refractivity contribution >= 4 is 16.0 Å². The number of aliphatic hydroxyl groups excluding tert-OH is 1. The number of aromatic nitrogens is 6. The van der Waals surface area contributed by atoms with Crippen molar-refractivity contribution in [2.45, 2.75) is 19.4 Å². The van der Waals surface area contributed by atoms with Crippen molar-refractivity contribution in [1.82, 2.24) is 29.7 Å². The molecule has 0 spiro atoms. The fourth-order valence-corrected chi connectivity index (χ4v) is 3.89. The molecule has 152 valence electrons. The standard InChI is InChI=1S/C17H19N7O4S/c1-11-7-19-14(20-8-11)4-6-29(26,27)23-17-22-21-15-13-3-2-5-18-16(13)28-10-12(9-25)24(15)17/h2-3,5,7-8,12,25H,4,6,9-10H2,1H3,(H,22,23). The van der Waals surface area contributed by atoms with Crippen LogP contribution in [0, 0.1) is 6.92 Å². The van der Waals surface area contributed by atoms with E-state index in [1.54, 1.807) is 30.7 Å². The largest absolute Gasteiger partial charge is 0.475 e. The number of sulfonamides is 1. The maximum atomic E-state index is 12.6. The fourth-order valence-electron chi connectivity index (χ4n) is 2.91. The van der Waals surface area contributed by atoms with E-state index in [4.69, 9.17) is 4.74 Å². The number of anilines is 1. The summed E-state index contributed by atoms with van der Waals surface area (Å²) >= 11 is 0. The average molecular weight is 417 g/mol. The van der Waals surface area contributed by atoms with Crippen LogP contribution in [0.2, 0.25) is 0 Å². The van der Waals surface area contributed by atoms with Gasteiger partial charge in [-0.25, -0.2) is 23.4 Å². The number of hydrogen-bond acceptors (Lipinski definition) is 9. The fraction of sp³-hybridized carbons (Fsp3) is 0.353. The van der Waals surface area contributed by atoms with Crippen LogP contribution in [-0.4, -0.2) is 62.2 Å². The minimum atomic E-state index is -3.76. The van der Waals surface area contributed by atoms with Crippen molar-refractivity contribution < 1.29 is 18.3 Å². The third-order valence-corrected chi connectivity index (χ3v) is 5.61. The van der Waals surface area contributed by atoms with E-state index >= 15 is 0 Å². The highest BCUT2D eigenvalue weighted by Gasteiger charge is 2.29. The van der Waals surface area contributed by atoms with E-state index in [1.807, 2.05) is 6.92 Å². The molecule has 0 aromatic carbocycles. The van der Waals surface area contributed by atoms with Gasteiger partial charge in [0.1, 0.15) is 12.4 Å². The van der Waals surface area contributed by atoms with E-state index in [0.717, 1.165) is 5.56 Å². The van der Waals surface area contributed by atoms with Gasteiger partial charge < -0.3 is 9.84 Å². The first-order valence-corrected chi connectivity index (χ1v) is 10.5. The summed E-state index contributed by atoms with van der Waals surface area (Å²) in [6.07, 6.45) is 5.00. The average Bonchev–Trinajstić information content (AvgIpc) is 3.03. The quantitative estimate of drug-likeness (QED) is 0.580. The molecule has 3 aromatic heterocycles. The molecule has 29 heavy (non-hydrogen) atoms. The molecule has 0 aliphatic carbocycles. The summed E-state index contributed by atoms with van der Waals surface area (Å²) in [7, 11) is -3.76. The molecular formula is C17H19N7O4S. The Labute approximate surface area is 166 Å². The van der Waals surface area contributed by atoms with Crippen LogP contribution in [-0.2, 0) is 16.4 Å². The first-order chi connectivity index (χ1) is 14.0. The maximum absolute atomic E-state index is 12.6. The SMILES string of the molecule is Cc1cnc(CCS(=O)(=O)Nc2nnc3n2C(CO)COc2ncccc2-3)nc1. The molecule has 3 aromatic rings. The van der Waals surface area contributed by atoms with Crippen LogP contribution >= 0.6 is 0 Å². The molecule has 1 atom stereocenters. The molecule has 0 fully saturated rings. The van der Waals surface area contributed by atoms with Gasteiger partial charge >= 0.3 is 0 Å². The van der Waals surface area contributed by atoms with Gasteiger partial charge in [-0.3, -0.25) is 9.29 Å². The summed E-state index contributed by atoms with van der Waals surface area (Å²) in [6.45, 7) is 1.66. The van der Waals surface area contributed by atoms with E-state index in [1.165, 1.54) is 4.57 Å². The molecule has 11 nitrogen and oxygen atoms in total. The molecule has 0 radical (unpaired) electrons. The molecule has 0 bridgehead atoms. The summed E-state index contributed by atoms with van der Waals surface area (Å²) in [5.41, 5.74) is 1.46. The van der Waals surface area contributed by atoms with Crippen LogP contribution in [0.1, 0.15) is 17.4 Å². The predicted octanol–water partition coefficient (Wildman–Crippen LogP) is 0.349. The third kappa shape index (κ3) is 4.03. The molecule has 4 heterocycles. The Morgan fingerprint density at radius 2 is 2.07 bits per heavy atom. The van der Waals surface area contributed by atoms with Crippen molar-refractivity contribution in [3.8, 4) is 17.3 Å². The van der Waals surface area contributed by atoms with Gasteiger partial charge in [0.15, 0.2) is 5.82 Å². The van der Waals surface area contributed by atoms with Crippen molar-refractivity contribution in [2.75, 3.05) is 23.7 Å². The second-order valence-corrected chi connectivity index (χ2v) is 8.41.